The molecule has 1 saturated heterocycles. The molecule has 1 aliphatic heterocycles. The summed E-state index contributed by atoms with van der Waals surface area (Å²) < 4.78 is 0. The van der Waals surface area contributed by atoms with E-state index in [0.29, 0.717) is 24.3 Å². The lowest BCUT2D eigenvalue weighted by Crippen LogP contribution is -2.42. The first-order chi connectivity index (χ1) is 8.08. The Labute approximate surface area is 100 Å². The molecule has 0 aromatic carbocycles. The van der Waals surface area contributed by atoms with Gasteiger partial charge in [-0.15, -0.1) is 0 Å². The normalized spacial score (nSPS) is 20.4. The number of β-amino-alcohol motifs (C(OH)–C–C–N with tert-alkyl or cyclic N) is 1. The first-order valence-corrected chi connectivity index (χ1v) is 5.77. The molecular weight excluding hydrogens is 218 g/mol. The van der Waals surface area contributed by atoms with Crippen molar-refractivity contribution in [1.29, 1.82) is 0 Å². The molecule has 92 valence electrons. The van der Waals surface area contributed by atoms with Crippen molar-refractivity contribution in [2.75, 3.05) is 18.8 Å². The Hall–Kier alpha value is -1.62. The van der Waals surface area contributed by atoms with E-state index >= 15 is 0 Å². The quantitative estimate of drug-likeness (QED) is 0.745. The molecule has 2 heterocycles. The monoisotopic (exact) mass is 235 g/mol. The van der Waals surface area contributed by atoms with Crippen molar-refractivity contribution in [1.82, 2.24) is 9.88 Å². The standard InChI is InChI=1S/C12H17N3O2/c1-8-5-11(13)10(6-14-8)12(17)15-4-2-3-9(16)7-15/h5-6,9,16H,2-4,7H2,1H3,(H2,13,14). The molecule has 0 aliphatic carbocycles. The molecule has 5 heteroatoms. The fourth-order valence-electron chi connectivity index (χ4n) is 2.07. The largest absolute Gasteiger partial charge is 0.398 e. The molecule has 1 amide bonds. The Morgan fingerprint density at radius 3 is 3.06 bits per heavy atom. The van der Waals surface area contributed by atoms with Crippen molar-refractivity contribution >= 4 is 11.6 Å². The van der Waals surface area contributed by atoms with Gasteiger partial charge in [-0.2, -0.15) is 0 Å². The van der Waals surface area contributed by atoms with Crippen molar-refractivity contribution < 1.29 is 9.90 Å². The highest BCUT2D eigenvalue weighted by molar-refractivity contribution is 5.98. The van der Waals surface area contributed by atoms with Gasteiger partial charge in [0.25, 0.3) is 5.91 Å². The maximum Gasteiger partial charge on any atom is 0.257 e. The summed E-state index contributed by atoms with van der Waals surface area (Å²) in [5.41, 5.74) is 7.47. The van der Waals surface area contributed by atoms with Gasteiger partial charge in [0.2, 0.25) is 0 Å². The number of pyridine rings is 1. The van der Waals surface area contributed by atoms with E-state index in [1.807, 2.05) is 6.92 Å². The zero-order valence-electron chi connectivity index (χ0n) is 9.89. The maximum atomic E-state index is 12.2. The van der Waals surface area contributed by atoms with Crippen molar-refractivity contribution in [2.45, 2.75) is 25.9 Å². The van der Waals surface area contributed by atoms with Crippen LogP contribution in [-0.4, -0.2) is 40.1 Å². The Morgan fingerprint density at radius 1 is 1.65 bits per heavy atom. The topological polar surface area (TPSA) is 79.5 Å². The zero-order chi connectivity index (χ0) is 12.4. The lowest BCUT2D eigenvalue weighted by atomic mass is 10.1. The second-order valence-corrected chi connectivity index (χ2v) is 4.46. The molecular formula is C12H17N3O2. The predicted molar refractivity (Wildman–Crippen MR) is 64.5 cm³/mol. The minimum atomic E-state index is -0.424. The number of nitrogens with two attached hydrogens (primary N) is 1. The van der Waals surface area contributed by atoms with E-state index in [2.05, 4.69) is 4.98 Å². The summed E-state index contributed by atoms with van der Waals surface area (Å²) in [5.74, 6) is -0.145. The molecule has 3 N–H and O–H groups in total. The van der Waals surface area contributed by atoms with Gasteiger partial charge < -0.3 is 15.7 Å². The van der Waals surface area contributed by atoms with Crippen molar-refractivity contribution in [3.05, 3.63) is 23.5 Å². The molecule has 2 rings (SSSR count). The number of nitrogen functional groups attached to an aromatic ring is 1. The zero-order valence-corrected chi connectivity index (χ0v) is 9.89. The molecule has 17 heavy (non-hydrogen) atoms. The Bertz CT molecular complexity index is 434. The average Bonchev–Trinajstić information content (AvgIpc) is 2.28. The summed E-state index contributed by atoms with van der Waals surface area (Å²) in [6.45, 7) is 2.88. The van der Waals surface area contributed by atoms with Crippen molar-refractivity contribution in [3.8, 4) is 0 Å². The highest BCUT2D eigenvalue weighted by Crippen LogP contribution is 2.17. The van der Waals surface area contributed by atoms with Crippen LogP contribution in [-0.2, 0) is 0 Å². The van der Waals surface area contributed by atoms with Crippen LogP contribution >= 0.6 is 0 Å². The van der Waals surface area contributed by atoms with Gasteiger partial charge in [-0.3, -0.25) is 9.78 Å². The van der Waals surface area contributed by atoms with Crippen molar-refractivity contribution in [3.63, 3.8) is 0 Å². The van der Waals surface area contributed by atoms with E-state index in [9.17, 15) is 9.90 Å². The number of carbonyl (C=O) groups excluding carboxylic acids is 1. The molecule has 0 saturated carbocycles. The van der Waals surface area contributed by atoms with Crippen LogP contribution in [0, 0.1) is 6.92 Å². The second-order valence-electron chi connectivity index (χ2n) is 4.46. The molecule has 1 unspecified atom stereocenters. The summed E-state index contributed by atoms with van der Waals surface area (Å²) >= 11 is 0. The molecule has 1 aromatic rings. The highest BCUT2D eigenvalue weighted by atomic mass is 16.3. The Balaban J connectivity index is 2.18. The number of aliphatic hydroxyl groups is 1. The van der Waals surface area contributed by atoms with Crippen LogP contribution in [0.5, 0.6) is 0 Å². The number of aryl methyl sites for hydroxylation is 1. The first kappa shape index (κ1) is 11.9. The Kier molecular flexibility index (Phi) is 3.28. The molecule has 0 bridgehead atoms. The number of rotatable bonds is 1. The summed E-state index contributed by atoms with van der Waals surface area (Å²) in [6.07, 6.45) is 2.67. The number of amides is 1. The van der Waals surface area contributed by atoms with Crippen LogP contribution in [0.25, 0.3) is 0 Å². The lowest BCUT2D eigenvalue weighted by Gasteiger charge is -2.30. The van der Waals surface area contributed by atoms with Crippen LogP contribution in [0.15, 0.2) is 12.3 Å². The third-order valence-electron chi connectivity index (χ3n) is 2.99. The smallest absolute Gasteiger partial charge is 0.257 e. The number of nitrogens with zero attached hydrogens (tertiary/aromatic N) is 2. The highest BCUT2D eigenvalue weighted by Gasteiger charge is 2.24. The second kappa shape index (κ2) is 4.71. The number of anilines is 1. The van der Waals surface area contributed by atoms with Crippen LogP contribution in [0.3, 0.4) is 0 Å². The van der Waals surface area contributed by atoms with Gasteiger partial charge in [0.1, 0.15) is 0 Å². The number of likely N-dealkylation sites (tertiary alicyclic amines) is 1. The van der Waals surface area contributed by atoms with E-state index < -0.39 is 6.10 Å². The SMILES string of the molecule is Cc1cc(N)c(C(=O)N2CCCC(O)C2)cn1. The summed E-state index contributed by atoms with van der Waals surface area (Å²) in [4.78, 5) is 17.9. The lowest BCUT2D eigenvalue weighted by molar-refractivity contribution is 0.0474. The minimum Gasteiger partial charge on any atom is -0.398 e. The predicted octanol–water partition coefficient (Wildman–Crippen LogP) is 0.569. The third kappa shape index (κ3) is 2.55. The van der Waals surface area contributed by atoms with Gasteiger partial charge in [-0.05, 0) is 25.8 Å². The van der Waals surface area contributed by atoms with E-state index in [0.717, 1.165) is 18.5 Å². The van der Waals surface area contributed by atoms with Gasteiger partial charge in [-0.1, -0.05) is 0 Å². The summed E-state index contributed by atoms with van der Waals surface area (Å²) in [6, 6.07) is 1.69. The van der Waals surface area contributed by atoms with Gasteiger partial charge in [0.05, 0.1) is 11.7 Å². The number of carbonyl (C=O) groups is 1. The fourth-order valence-corrected chi connectivity index (χ4v) is 2.07. The summed E-state index contributed by atoms with van der Waals surface area (Å²) in [7, 11) is 0. The number of aromatic nitrogens is 1. The Morgan fingerprint density at radius 2 is 2.41 bits per heavy atom. The molecule has 1 aliphatic rings. The van der Waals surface area contributed by atoms with Gasteiger partial charge in [0, 0.05) is 30.7 Å². The van der Waals surface area contributed by atoms with Crippen LogP contribution < -0.4 is 5.73 Å². The molecule has 0 radical (unpaired) electrons. The van der Waals surface area contributed by atoms with Crippen LogP contribution in [0.1, 0.15) is 28.9 Å². The van der Waals surface area contributed by atoms with Gasteiger partial charge >= 0.3 is 0 Å². The molecule has 1 atom stereocenters. The molecule has 0 spiro atoms. The van der Waals surface area contributed by atoms with Crippen LogP contribution in [0.4, 0.5) is 5.69 Å². The number of hydrogen-bond acceptors (Lipinski definition) is 4. The van der Waals surface area contributed by atoms with Gasteiger partial charge in [0.15, 0.2) is 0 Å². The average molecular weight is 235 g/mol. The van der Waals surface area contributed by atoms with Gasteiger partial charge in [-0.25, -0.2) is 0 Å². The third-order valence-corrected chi connectivity index (χ3v) is 2.99. The molecule has 5 nitrogen and oxygen atoms in total. The van der Waals surface area contributed by atoms with E-state index in [1.54, 1.807) is 11.0 Å². The fraction of sp³-hybridized carbons (Fsp3) is 0.500. The number of piperidine rings is 1. The number of hydrogen-bond donors (Lipinski definition) is 2. The first-order valence-electron chi connectivity index (χ1n) is 5.77. The number of aliphatic hydroxyl groups excluding tert-OH is 1. The van der Waals surface area contributed by atoms with E-state index in [4.69, 9.17) is 5.73 Å². The molecule has 1 aromatic heterocycles. The molecule has 1 fully saturated rings. The van der Waals surface area contributed by atoms with E-state index in [1.165, 1.54) is 6.20 Å². The van der Waals surface area contributed by atoms with E-state index in [-0.39, 0.29) is 5.91 Å². The summed E-state index contributed by atoms with van der Waals surface area (Å²) in [5, 5.41) is 9.55. The maximum absolute atomic E-state index is 12.2. The van der Waals surface area contributed by atoms with Crippen LogP contribution in [0.2, 0.25) is 0 Å². The van der Waals surface area contributed by atoms with Crippen molar-refractivity contribution in [2.24, 2.45) is 0 Å². The minimum absolute atomic E-state index is 0.145.